The molecule has 1 aromatic carbocycles. The number of rotatable bonds is 1. The van der Waals surface area contributed by atoms with Crippen LogP contribution in [0.1, 0.15) is 0 Å². The van der Waals surface area contributed by atoms with Gasteiger partial charge in [-0.15, -0.1) is 0 Å². The molecule has 0 saturated carbocycles. The molecule has 1 heterocycles. The molecule has 7 heteroatoms. The monoisotopic (exact) mass is 246 g/mol. The molecule has 0 aliphatic heterocycles. The molecule has 0 aliphatic carbocycles. The number of halogens is 5. The van der Waals surface area contributed by atoms with Crippen molar-refractivity contribution in [3.63, 3.8) is 0 Å². The van der Waals surface area contributed by atoms with E-state index in [0.29, 0.717) is 0 Å². The van der Waals surface area contributed by atoms with E-state index in [1.165, 1.54) is 6.20 Å². The Morgan fingerprint density at radius 2 is 1.24 bits per heavy atom. The van der Waals surface area contributed by atoms with Gasteiger partial charge in [0, 0.05) is 12.4 Å². The highest BCUT2D eigenvalue weighted by Gasteiger charge is 2.27. The normalized spacial score (nSPS) is 10.6. The van der Waals surface area contributed by atoms with Gasteiger partial charge in [-0.05, 0) is 0 Å². The van der Waals surface area contributed by atoms with Crippen molar-refractivity contribution >= 4 is 0 Å². The van der Waals surface area contributed by atoms with Crippen molar-refractivity contribution in [1.29, 1.82) is 0 Å². The van der Waals surface area contributed by atoms with Gasteiger partial charge in [0.1, 0.15) is 0 Å². The van der Waals surface area contributed by atoms with Crippen LogP contribution < -0.4 is 0 Å². The summed E-state index contributed by atoms with van der Waals surface area (Å²) in [5.41, 5.74) is -1.52. The second-order valence-electron chi connectivity index (χ2n) is 3.04. The Labute approximate surface area is 91.8 Å². The predicted molar refractivity (Wildman–Crippen MR) is 47.3 cm³/mol. The third-order valence-corrected chi connectivity index (χ3v) is 2.03. The fourth-order valence-electron chi connectivity index (χ4n) is 1.26. The van der Waals surface area contributed by atoms with E-state index < -0.39 is 40.3 Å². The lowest BCUT2D eigenvalue weighted by Gasteiger charge is -2.06. The molecule has 2 nitrogen and oxygen atoms in total. The Bertz CT molecular complexity index is 542. The van der Waals surface area contributed by atoms with Crippen molar-refractivity contribution in [3.8, 4) is 11.3 Å². The summed E-state index contributed by atoms with van der Waals surface area (Å²) in [5.74, 6) is -10.1. The lowest BCUT2D eigenvalue weighted by atomic mass is 10.1. The van der Waals surface area contributed by atoms with Crippen molar-refractivity contribution in [3.05, 3.63) is 47.7 Å². The van der Waals surface area contributed by atoms with Gasteiger partial charge < -0.3 is 0 Å². The zero-order valence-corrected chi connectivity index (χ0v) is 8.02. The summed E-state index contributed by atoms with van der Waals surface area (Å²) >= 11 is 0. The average Bonchev–Trinajstić information content (AvgIpc) is 2.36. The van der Waals surface area contributed by atoms with Gasteiger partial charge in [0.2, 0.25) is 5.82 Å². The first-order chi connectivity index (χ1) is 8.04. The predicted octanol–water partition coefficient (Wildman–Crippen LogP) is 2.84. The number of aromatic nitrogens is 2. The molecular weight excluding hydrogens is 243 g/mol. The minimum Gasteiger partial charge on any atom is -0.261 e. The van der Waals surface area contributed by atoms with Crippen molar-refractivity contribution in [2.75, 3.05) is 0 Å². The first kappa shape index (κ1) is 11.4. The summed E-state index contributed by atoms with van der Waals surface area (Å²) in [4.78, 5) is 6.97. The van der Waals surface area contributed by atoms with Crippen LogP contribution in [0.15, 0.2) is 18.6 Å². The molecule has 0 aliphatic rings. The molecule has 0 spiro atoms. The topological polar surface area (TPSA) is 25.8 Å². The minimum absolute atomic E-state index is 0.430. The molecule has 0 fully saturated rings. The molecule has 17 heavy (non-hydrogen) atoms. The van der Waals surface area contributed by atoms with Crippen LogP contribution in [-0.4, -0.2) is 9.97 Å². The highest BCUT2D eigenvalue weighted by Crippen LogP contribution is 2.29. The van der Waals surface area contributed by atoms with Gasteiger partial charge in [-0.3, -0.25) is 9.97 Å². The van der Waals surface area contributed by atoms with Gasteiger partial charge in [0.05, 0.1) is 17.5 Å². The summed E-state index contributed by atoms with van der Waals surface area (Å²) in [5, 5.41) is 0. The van der Waals surface area contributed by atoms with Gasteiger partial charge in [-0.2, -0.15) is 0 Å². The molecule has 0 amide bonds. The lowest BCUT2D eigenvalue weighted by Crippen LogP contribution is -2.04. The first-order valence-corrected chi connectivity index (χ1v) is 4.32. The van der Waals surface area contributed by atoms with Gasteiger partial charge in [0.25, 0.3) is 0 Å². The van der Waals surface area contributed by atoms with E-state index in [0.717, 1.165) is 12.4 Å². The molecule has 2 aromatic rings. The van der Waals surface area contributed by atoms with E-state index in [9.17, 15) is 22.0 Å². The molecule has 0 saturated heterocycles. The number of benzene rings is 1. The fourth-order valence-corrected chi connectivity index (χ4v) is 1.26. The van der Waals surface area contributed by atoms with Crippen LogP contribution in [0.25, 0.3) is 11.3 Å². The van der Waals surface area contributed by atoms with Crippen molar-refractivity contribution < 1.29 is 22.0 Å². The van der Waals surface area contributed by atoms with Crippen LogP contribution in [0, 0.1) is 29.1 Å². The van der Waals surface area contributed by atoms with Crippen LogP contribution in [0.4, 0.5) is 22.0 Å². The Morgan fingerprint density at radius 3 is 1.71 bits per heavy atom. The number of hydrogen-bond acceptors (Lipinski definition) is 2. The van der Waals surface area contributed by atoms with Crippen LogP contribution in [0.3, 0.4) is 0 Å². The smallest absolute Gasteiger partial charge is 0.200 e. The van der Waals surface area contributed by atoms with E-state index in [2.05, 4.69) is 9.97 Å². The van der Waals surface area contributed by atoms with Crippen LogP contribution in [0.2, 0.25) is 0 Å². The summed E-state index contributed by atoms with van der Waals surface area (Å²) in [6, 6.07) is 0. The standard InChI is InChI=1S/C10H3F5N2/c11-6-5(4-3-16-1-2-17-4)7(12)9(14)10(15)8(6)13/h1-3H. The van der Waals surface area contributed by atoms with Crippen LogP contribution in [0.5, 0.6) is 0 Å². The zero-order valence-electron chi connectivity index (χ0n) is 8.02. The molecule has 1 aromatic heterocycles. The summed E-state index contributed by atoms with van der Waals surface area (Å²) in [6.45, 7) is 0. The summed E-state index contributed by atoms with van der Waals surface area (Å²) in [7, 11) is 0. The van der Waals surface area contributed by atoms with E-state index >= 15 is 0 Å². The summed E-state index contributed by atoms with van der Waals surface area (Å²) < 4.78 is 65.1. The Kier molecular flexibility index (Phi) is 2.74. The Hall–Kier alpha value is -2.05. The molecule has 88 valence electrons. The molecule has 2 rings (SSSR count). The van der Waals surface area contributed by atoms with E-state index in [4.69, 9.17) is 0 Å². The van der Waals surface area contributed by atoms with Crippen LogP contribution >= 0.6 is 0 Å². The molecule has 0 unspecified atom stereocenters. The second kappa shape index (κ2) is 4.08. The largest absolute Gasteiger partial charge is 0.261 e. The van der Waals surface area contributed by atoms with E-state index in [1.807, 2.05) is 0 Å². The third-order valence-electron chi connectivity index (χ3n) is 2.03. The highest BCUT2D eigenvalue weighted by atomic mass is 19.2. The minimum atomic E-state index is -2.20. The number of hydrogen-bond donors (Lipinski definition) is 0. The maximum atomic E-state index is 13.3. The maximum absolute atomic E-state index is 13.3. The van der Waals surface area contributed by atoms with E-state index in [-0.39, 0.29) is 0 Å². The van der Waals surface area contributed by atoms with Crippen molar-refractivity contribution in [2.45, 2.75) is 0 Å². The van der Waals surface area contributed by atoms with Gasteiger partial charge in [-0.1, -0.05) is 0 Å². The first-order valence-electron chi connectivity index (χ1n) is 4.32. The Balaban J connectivity index is 2.80. The quantitative estimate of drug-likeness (QED) is 0.439. The molecule has 0 atom stereocenters. The molecule has 0 N–H and O–H groups in total. The van der Waals surface area contributed by atoms with Crippen LogP contribution in [-0.2, 0) is 0 Å². The number of nitrogens with zero attached hydrogens (tertiary/aromatic N) is 2. The molecular formula is C10H3F5N2. The van der Waals surface area contributed by atoms with Crippen molar-refractivity contribution in [1.82, 2.24) is 9.97 Å². The van der Waals surface area contributed by atoms with Crippen molar-refractivity contribution in [2.24, 2.45) is 0 Å². The fraction of sp³-hybridized carbons (Fsp3) is 0. The second-order valence-corrected chi connectivity index (χ2v) is 3.04. The Morgan fingerprint density at radius 1 is 0.706 bits per heavy atom. The van der Waals surface area contributed by atoms with Gasteiger partial charge in [0.15, 0.2) is 23.3 Å². The van der Waals surface area contributed by atoms with E-state index in [1.54, 1.807) is 0 Å². The average molecular weight is 246 g/mol. The molecule has 0 bridgehead atoms. The zero-order chi connectivity index (χ0) is 12.6. The molecule has 0 radical (unpaired) electrons. The summed E-state index contributed by atoms with van der Waals surface area (Å²) in [6.07, 6.45) is 3.18. The van der Waals surface area contributed by atoms with Gasteiger partial charge >= 0.3 is 0 Å². The maximum Gasteiger partial charge on any atom is 0.200 e. The SMILES string of the molecule is Fc1c(F)c(F)c(-c2cnccn2)c(F)c1F. The highest BCUT2D eigenvalue weighted by molar-refractivity contribution is 5.60. The lowest BCUT2D eigenvalue weighted by molar-refractivity contribution is 0.381. The van der Waals surface area contributed by atoms with Gasteiger partial charge in [-0.25, -0.2) is 22.0 Å². The third kappa shape index (κ3) is 1.73.